The van der Waals surface area contributed by atoms with Gasteiger partial charge in [-0.05, 0) is 60.8 Å². The fourth-order valence-corrected chi connectivity index (χ4v) is 3.44. The lowest BCUT2D eigenvalue weighted by Gasteiger charge is -2.16. The molecule has 6 nitrogen and oxygen atoms in total. The third-order valence-electron chi connectivity index (χ3n) is 4.49. The summed E-state index contributed by atoms with van der Waals surface area (Å²) in [6.07, 6.45) is 1.36. The van der Waals surface area contributed by atoms with E-state index in [-0.39, 0.29) is 17.9 Å². The van der Waals surface area contributed by atoms with Crippen LogP contribution in [0.25, 0.3) is 0 Å². The van der Waals surface area contributed by atoms with Gasteiger partial charge in [0.05, 0.1) is 28.6 Å². The Morgan fingerprint density at radius 1 is 1.00 bits per heavy atom. The Morgan fingerprint density at radius 3 is 2.30 bits per heavy atom. The van der Waals surface area contributed by atoms with Gasteiger partial charge in [-0.3, -0.25) is 9.59 Å². The molecule has 0 aromatic heterocycles. The standard InChI is InChI=1S/C17H17Cl2FN2.C4H6O4/c18-14-3-2-12-5-7-21-8-6-13(12)17(14)22-10-11-1-4-16(20)15(19)9-11;5-3(6)1-2-4(7)8/h1-4,9,21-22H,5-8,10H2;1-2H2,(H,5,6)(H,7,8). The third-order valence-corrected chi connectivity index (χ3v) is 5.09. The molecule has 4 N–H and O–H groups in total. The number of halogens is 3. The molecule has 0 atom stereocenters. The molecule has 0 spiro atoms. The van der Waals surface area contributed by atoms with Crippen LogP contribution in [-0.4, -0.2) is 35.2 Å². The van der Waals surface area contributed by atoms with Crippen molar-refractivity contribution >= 4 is 40.8 Å². The Balaban J connectivity index is 0.000000343. The maximum absolute atomic E-state index is 13.2. The van der Waals surface area contributed by atoms with Gasteiger partial charge in [-0.15, -0.1) is 0 Å². The predicted octanol–water partition coefficient (Wildman–Crippen LogP) is 4.37. The Labute approximate surface area is 184 Å². The summed E-state index contributed by atoms with van der Waals surface area (Å²) >= 11 is 12.2. The molecule has 0 aliphatic carbocycles. The van der Waals surface area contributed by atoms with Crippen LogP contribution in [0.5, 0.6) is 0 Å². The SMILES string of the molecule is Fc1ccc(CNc2c(Cl)ccc3c2CCNCC3)cc1Cl.O=C(O)CCC(=O)O. The molecule has 1 heterocycles. The zero-order valence-electron chi connectivity index (χ0n) is 16.2. The van der Waals surface area contributed by atoms with Crippen molar-refractivity contribution in [3.05, 3.63) is 62.9 Å². The number of carboxylic acids is 2. The minimum absolute atomic E-state index is 0.140. The summed E-state index contributed by atoms with van der Waals surface area (Å²) in [6, 6.07) is 8.79. The highest BCUT2D eigenvalue weighted by atomic mass is 35.5. The number of rotatable bonds is 6. The Bertz CT molecular complexity index is 895. The number of anilines is 1. The van der Waals surface area contributed by atoms with Crippen molar-refractivity contribution < 1.29 is 24.2 Å². The van der Waals surface area contributed by atoms with E-state index in [1.807, 2.05) is 6.07 Å². The molecule has 0 radical (unpaired) electrons. The van der Waals surface area contributed by atoms with E-state index in [0.29, 0.717) is 11.6 Å². The minimum Gasteiger partial charge on any atom is -0.481 e. The summed E-state index contributed by atoms with van der Waals surface area (Å²) in [4.78, 5) is 19.3. The zero-order chi connectivity index (χ0) is 22.1. The number of fused-ring (bicyclic) bond motifs is 1. The number of hydrogen-bond acceptors (Lipinski definition) is 4. The van der Waals surface area contributed by atoms with Gasteiger partial charge in [-0.1, -0.05) is 35.3 Å². The fraction of sp³-hybridized carbons (Fsp3) is 0.333. The molecule has 9 heteroatoms. The lowest BCUT2D eigenvalue weighted by molar-refractivity contribution is -0.143. The zero-order valence-corrected chi connectivity index (χ0v) is 17.7. The predicted molar refractivity (Wildman–Crippen MR) is 115 cm³/mol. The molecule has 1 aliphatic heterocycles. The molecule has 0 amide bonds. The van der Waals surface area contributed by atoms with E-state index in [9.17, 15) is 14.0 Å². The van der Waals surface area contributed by atoms with Crippen molar-refractivity contribution in [3.8, 4) is 0 Å². The molecule has 0 bridgehead atoms. The number of benzene rings is 2. The van der Waals surface area contributed by atoms with Gasteiger partial charge in [0.25, 0.3) is 0 Å². The minimum atomic E-state index is -1.08. The molecule has 0 unspecified atom stereocenters. The smallest absolute Gasteiger partial charge is 0.303 e. The molecule has 1 aliphatic rings. The van der Waals surface area contributed by atoms with Crippen LogP contribution in [0.1, 0.15) is 29.5 Å². The number of nitrogens with one attached hydrogen (secondary N) is 2. The summed E-state index contributed by atoms with van der Waals surface area (Å²) in [7, 11) is 0. The highest BCUT2D eigenvalue weighted by Crippen LogP contribution is 2.31. The molecule has 30 heavy (non-hydrogen) atoms. The van der Waals surface area contributed by atoms with Crippen LogP contribution in [-0.2, 0) is 29.0 Å². The fourth-order valence-electron chi connectivity index (χ4n) is 2.99. The van der Waals surface area contributed by atoms with Crippen molar-refractivity contribution in [2.45, 2.75) is 32.2 Å². The van der Waals surface area contributed by atoms with Gasteiger partial charge in [0, 0.05) is 6.54 Å². The lowest BCUT2D eigenvalue weighted by Crippen LogP contribution is -2.16. The van der Waals surface area contributed by atoms with E-state index in [2.05, 4.69) is 16.7 Å². The highest BCUT2D eigenvalue weighted by molar-refractivity contribution is 6.33. The van der Waals surface area contributed by atoms with E-state index in [0.717, 1.165) is 37.2 Å². The van der Waals surface area contributed by atoms with E-state index >= 15 is 0 Å². The molecule has 2 aromatic carbocycles. The second-order valence-electron chi connectivity index (χ2n) is 6.70. The van der Waals surface area contributed by atoms with Gasteiger partial charge in [0.15, 0.2) is 0 Å². The Kier molecular flexibility index (Phi) is 9.36. The molecule has 3 rings (SSSR count). The molecule has 0 fully saturated rings. The first-order valence-corrected chi connectivity index (χ1v) is 10.2. The summed E-state index contributed by atoms with van der Waals surface area (Å²) in [5.41, 5.74) is 4.50. The lowest BCUT2D eigenvalue weighted by atomic mass is 10.0. The van der Waals surface area contributed by atoms with E-state index < -0.39 is 17.8 Å². The van der Waals surface area contributed by atoms with Crippen molar-refractivity contribution in [1.29, 1.82) is 0 Å². The Hall–Kier alpha value is -2.35. The quantitative estimate of drug-likeness (QED) is 0.515. The molecular weight excluding hydrogens is 434 g/mol. The van der Waals surface area contributed by atoms with Crippen molar-refractivity contribution in [3.63, 3.8) is 0 Å². The van der Waals surface area contributed by atoms with Gasteiger partial charge < -0.3 is 20.8 Å². The first kappa shape index (κ1) is 23.9. The summed E-state index contributed by atoms with van der Waals surface area (Å²) in [5, 5.41) is 23.4. The van der Waals surface area contributed by atoms with E-state index in [1.54, 1.807) is 12.1 Å². The van der Waals surface area contributed by atoms with Gasteiger partial charge in [-0.2, -0.15) is 0 Å². The normalized spacial score (nSPS) is 12.8. The van der Waals surface area contributed by atoms with Crippen LogP contribution in [0.4, 0.5) is 10.1 Å². The topological polar surface area (TPSA) is 98.7 Å². The summed E-state index contributed by atoms with van der Waals surface area (Å²) < 4.78 is 13.2. The van der Waals surface area contributed by atoms with Gasteiger partial charge in [0.2, 0.25) is 0 Å². The van der Waals surface area contributed by atoms with Crippen molar-refractivity contribution in [2.24, 2.45) is 0 Å². The number of carboxylic acid groups (broad SMARTS) is 2. The van der Waals surface area contributed by atoms with Crippen LogP contribution < -0.4 is 10.6 Å². The van der Waals surface area contributed by atoms with Crippen molar-refractivity contribution in [2.75, 3.05) is 18.4 Å². The third kappa shape index (κ3) is 7.48. The molecule has 0 saturated carbocycles. The molecule has 2 aromatic rings. The van der Waals surface area contributed by atoms with E-state index in [4.69, 9.17) is 33.4 Å². The van der Waals surface area contributed by atoms with Crippen molar-refractivity contribution in [1.82, 2.24) is 5.32 Å². The van der Waals surface area contributed by atoms with Crippen LogP contribution in [0, 0.1) is 5.82 Å². The van der Waals surface area contributed by atoms with Gasteiger partial charge in [-0.25, -0.2) is 4.39 Å². The van der Waals surface area contributed by atoms with Gasteiger partial charge >= 0.3 is 11.9 Å². The van der Waals surface area contributed by atoms with Crippen LogP contribution in [0.15, 0.2) is 30.3 Å². The van der Waals surface area contributed by atoms with E-state index in [1.165, 1.54) is 17.2 Å². The monoisotopic (exact) mass is 456 g/mol. The maximum atomic E-state index is 13.2. The first-order valence-electron chi connectivity index (χ1n) is 9.40. The largest absolute Gasteiger partial charge is 0.481 e. The summed E-state index contributed by atoms with van der Waals surface area (Å²) in [5.74, 6) is -2.55. The molecular formula is C21H23Cl2FN2O4. The second-order valence-corrected chi connectivity index (χ2v) is 7.51. The van der Waals surface area contributed by atoms with Crippen LogP contribution in [0.3, 0.4) is 0 Å². The number of aliphatic carboxylic acids is 2. The maximum Gasteiger partial charge on any atom is 0.303 e. The van der Waals surface area contributed by atoms with Crippen LogP contribution in [0.2, 0.25) is 10.0 Å². The first-order chi connectivity index (χ1) is 14.3. The number of hydrogen-bond donors (Lipinski definition) is 4. The average molecular weight is 457 g/mol. The highest BCUT2D eigenvalue weighted by Gasteiger charge is 2.14. The average Bonchev–Trinajstić information content (AvgIpc) is 2.94. The second kappa shape index (κ2) is 11.7. The van der Waals surface area contributed by atoms with Crippen LogP contribution >= 0.6 is 23.2 Å². The molecule has 162 valence electrons. The number of carbonyl (C=O) groups is 2. The summed E-state index contributed by atoms with van der Waals surface area (Å²) in [6.45, 7) is 2.50. The van der Waals surface area contributed by atoms with Gasteiger partial charge in [0.1, 0.15) is 5.82 Å². The molecule has 0 saturated heterocycles. The Morgan fingerprint density at radius 2 is 1.67 bits per heavy atom.